The van der Waals surface area contributed by atoms with E-state index in [1.807, 2.05) is 18.2 Å². The van der Waals surface area contributed by atoms with E-state index in [0.29, 0.717) is 22.9 Å². The minimum absolute atomic E-state index is 0.00849. The molecule has 0 aromatic heterocycles. The van der Waals surface area contributed by atoms with Gasteiger partial charge in [-0.05, 0) is 129 Å². The van der Waals surface area contributed by atoms with Crippen LogP contribution >= 0.6 is 10.7 Å². The molecule has 8 nitrogen and oxygen atoms in total. The predicted molar refractivity (Wildman–Crippen MR) is 246 cm³/mol. The number of nitrogens with zero attached hydrogens (tertiary/aromatic N) is 2. The van der Waals surface area contributed by atoms with Crippen LogP contribution in [0.5, 0.6) is 0 Å². The number of benzene rings is 4. The first-order valence-electron chi connectivity index (χ1n) is 21.7. The number of aryl methyl sites for hydroxylation is 2. The summed E-state index contributed by atoms with van der Waals surface area (Å²) in [4.78, 5) is 5.30. The van der Waals surface area contributed by atoms with Crippen molar-refractivity contribution >= 4 is 41.1 Å². The quantitative estimate of drug-likeness (QED) is 0.0855. The van der Waals surface area contributed by atoms with Crippen LogP contribution in [-0.2, 0) is 42.7 Å². The third-order valence-corrected chi connectivity index (χ3v) is 16.4. The van der Waals surface area contributed by atoms with Crippen molar-refractivity contribution < 1.29 is 16.8 Å². The topological polar surface area (TPSA) is 113 Å². The molecule has 4 aliphatic rings. The van der Waals surface area contributed by atoms with Gasteiger partial charge in [0.15, 0.2) is 0 Å². The summed E-state index contributed by atoms with van der Waals surface area (Å²) in [5.41, 5.74) is 13.9. The summed E-state index contributed by atoms with van der Waals surface area (Å²) >= 11 is 0. The standard InChI is InChI=1S/C24H32N2O2S.C22H28N2.C2H5ClO2S/c1-3-24(20-13-8-14-21(16-20)25-29(27,28)4-2)22-17-26(18-23(22)24)15-9-12-19-10-6-5-7-11-19;1-2-22(18-11-6-12-19(23)14-18)20-15-24(16-21(20)22)13-7-10-17-8-4-3-5-9-17;1-2-6(3,4)5/h5-8,10-11,13-14,16,22-23,25H,3-4,9,12,15,17-18H2,1-2H3;3-6,8-9,11-12,14,20-21H,2,7,10,13,15-16,23H2,1H3;2H2,1H3. The number of likely N-dealkylation sites (tertiary alicyclic amines) is 2. The zero-order chi connectivity index (χ0) is 42.3. The first-order chi connectivity index (χ1) is 28.3. The second kappa shape index (κ2) is 19.5. The minimum Gasteiger partial charge on any atom is -0.399 e. The van der Waals surface area contributed by atoms with E-state index in [4.69, 9.17) is 5.73 Å². The molecular weight excluding hydrogens is 796 g/mol. The Balaban J connectivity index is 0.000000177. The maximum atomic E-state index is 11.9. The number of nitrogens with one attached hydrogen (secondary N) is 1. The van der Waals surface area contributed by atoms with E-state index >= 15 is 0 Å². The third-order valence-electron chi connectivity index (χ3n) is 13.8. The van der Waals surface area contributed by atoms with Crippen LogP contribution < -0.4 is 10.5 Å². The molecule has 4 aromatic carbocycles. The average Bonchev–Trinajstić information content (AvgIpc) is 3.82. The summed E-state index contributed by atoms with van der Waals surface area (Å²) in [6.45, 7) is 15.0. The minimum atomic E-state index is -3.24. The Morgan fingerprint density at radius 2 is 1.03 bits per heavy atom. The Kier molecular flexibility index (Phi) is 14.9. The number of anilines is 2. The predicted octanol–water partition coefficient (Wildman–Crippen LogP) is 8.98. The van der Waals surface area contributed by atoms with Gasteiger partial charge in [0.2, 0.25) is 19.1 Å². The van der Waals surface area contributed by atoms with Gasteiger partial charge in [0.1, 0.15) is 0 Å². The molecule has 2 saturated heterocycles. The van der Waals surface area contributed by atoms with Gasteiger partial charge >= 0.3 is 0 Å². The van der Waals surface area contributed by atoms with Crippen LogP contribution in [0.4, 0.5) is 11.4 Å². The van der Waals surface area contributed by atoms with E-state index in [1.54, 1.807) is 6.92 Å². The molecule has 2 heterocycles. The van der Waals surface area contributed by atoms with Crippen LogP contribution in [0.25, 0.3) is 0 Å². The molecule has 11 heteroatoms. The van der Waals surface area contributed by atoms with Crippen LogP contribution in [-0.4, -0.2) is 77.4 Å². The second-order valence-corrected chi connectivity index (χ2v) is 22.0. The second-order valence-electron chi connectivity index (χ2n) is 17.0. The van der Waals surface area contributed by atoms with Crippen molar-refractivity contribution in [1.29, 1.82) is 0 Å². The van der Waals surface area contributed by atoms with Crippen molar-refractivity contribution in [2.45, 2.75) is 77.0 Å². The van der Waals surface area contributed by atoms with Gasteiger partial charge in [-0.25, -0.2) is 16.8 Å². The molecule has 320 valence electrons. The van der Waals surface area contributed by atoms with Crippen molar-refractivity contribution in [3.05, 3.63) is 131 Å². The molecule has 4 atom stereocenters. The summed E-state index contributed by atoms with van der Waals surface area (Å²) in [6, 6.07) is 38.3. The zero-order valence-corrected chi connectivity index (χ0v) is 37.8. The smallest absolute Gasteiger partial charge is 0.232 e. The fourth-order valence-electron chi connectivity index (χ4n) is 10.6. The molecule has 59 heavy (non-hydrogen) atoms. The van der Waals surface area contributed by atoms with Crippen molar-refractivity contribution in [2.24, 2.45) is 23.7 Å². The number of piperidine rings is 2. The molecule has 2 aliphatic heterocycles. The highest BCUT2D eigenvalue weighted by Crippen LogP contribution is 2.66. The van der Waals surface area contributed by atoms with Crippen LogP contribution in [0.3, 0.4) is 0 Å². The monoisotopic (exact) mass is 860 g/mol. The Bertz CT molecular complexity index is 2160. The molecule has 4 unspecified atom stereocenters. The lowest BCUT2D eigenvalue weighted by molar-refractivity contribution is 0.266. The van der Waals surface area contributed by atoms with E-state index in [0.717, 1.165) is 50.0 Å². The molecular formula is C48H65ClN4O4S2. The summed E-state index contributed by atoms with van der Waals surface area (Å²) in [5.74, 6) is 3.17. The number of rotatable bonds is 16. The maximum absolute atomic E-state index is 11.9. The van der Waals surface area contributed by atoms with E-state index in [9.17, 15) is 16.8 Å². The van der Waals surface area contributed by atoms with Gasteiger partial charge in [-0.15, -0.1) is 0 Å². The van der Waals surface area contributed by atoms with Crippen molar-refractivity contribution in [3.63, 3.8) is 0 Å². The SMILES string of the molecule is CCC1(c2cccc(N)c2)C2CN(CCCc3ccccc3)CC21.CCC1(c2cccc(NS(=O)(=O)CC)c2)C2CN(CCCc3ccccc3)CC21.CCS(=O)(=O)Cl. The van der Waals surface area contributed by atoms with E-state index in [-0.39, 0.29) is 16.9 Å². The third kappa shape index (κ3) is 10.9. The maximum Gasteiger partial charge on any atom is 0.232 e. The van der Waals surface area contributed by atoms with Crippen LogP contribution in [0.15, 0.2) is 109 Å². The van der Waals surface area contributed by atoms with E-state index < -0.39 is 19.1 Å². The lowest BCUT2D eigenvalue weighted by Crippen LogP contribution is -2.31. The molecule has 0 spiro atoms. The van der Waals surface area contributed by atoms with Gasteiger partial charge in [-0.2, -0.15) is 0 Å². The van der Waals surface area contributed by atoms with Crippen LogP contribution in [0.2, 0.25) is 0 Å². The molecule has 2 saturated carbocycles. The van der Waals surface area contributed by atoms with Crippen molar-refractivity contribution in [1.82, 2.24) is 9.80 Å². The fourth-order valence-corrected chi connectivity index (χ4v) is 11.2. The number of hydrogen-bond donors (Lipinski definition) is 2. The highest BCUT2D eigenvalue weighted by atomic mass is 35.7. The van der Waals surface area contributed by atoms with Gasteiger partial charge in [0.25, 0.3) is 0 Å². The lowest BCUT2D eigenvalue weighted by atomic mass is 9.87. The van der Waals surface area contributed by atoms with Gasteiger partial charge in [0, 0.05) is 59.1 Å². The van der Waals surface area contributed by atoms with Gasteiger partial charge < -0.3 is 15.5 Å². The lowest BCUT2D eigenvalue weighted by Gasteiger charge is -2.27. The number of fused-ring (bicyclic) bond motifs is 2. The molecule has 4 fully saturated rings. The summed E-state index contributed by atoms with van der Waals surface area (Å²) in [5, 5.41) is 0. The molecule has 0 amide bonds. The number of nitrogen functional groups attached to an aromatic ring is 1. The molecule has 3 N–H and O–H groups in total. The van der Waals surface area contributed by atoms with Crippen molar-refractivity contribution in [2.75, 3.05) is 61.2 Å². The molecule has 4 aromatic rings. The largest absolute Gasteiger partial charge is 0.399 e. The highest BCUT2D eigenvalue weighted by Gasteiger charge is 2.68. The summed E-state index contributed by atoms with van der Waals surface area (Å²) in [7, 11) is -1.74. The summed E-state index contributed by atoms with van der Waals surface area (Å²) in [6.07, 6.45) is 7.16. The van der Waals surface area contributed by atoms with Gasteiger partial charge in [-0.3, -0.25) is 4.72 Å². The molecule has 2 aliphatic carbocycles. The first-order valence-corrected chi connectivity index (χ1v) is 25.8. The summed E-state index contributed by atoms with van der Waals surface area (Å²) < 4.78 is 46.1. The zero-order valence-electron chi connectivity index (χ0n) is 35.4. The Labute approximate surface area is 359 Å². The Morgan fingerprint density at radius 1 is 0.610 bits per heavy atom. The number of hydrogen-bond acceptors (Lipinski definition) is 7. The average molecular weight is 862 g/mol. The van der Waals surface area contributed by atoms with E-state index in [1.165, 1.54) is 74.5 Å². The highest BCUT2D eigenvalue weighted by molar-refractivity contribution is 8.13. The first kappa shape index (κ1) is 45.1. The molecule has 0 bridgehead atoms. The fraction of sp³-hybridized carbons (Fsp3) is 0.500. The van der Waals surface area contributed by atoms with Crippen LogP contribution in [0, 0.1) is 23.7 Å². The normalized spacial score (nSPS) is 25.8. The molecule has 0 radical (unpaired) electrons. The van der Waals surface area contributed by atoms with E-state index in [2.05, 4.69) is 130 Å². The number of nitrogens with two attached hydrogens (primary N) is 1. The molecule has 8 rings (SSSR count). The number of sulfonamides is 1. The van der Waals surface area contributed by atoms with Gasteiger partial charge in [0.05, 0.1) is 11.5 Å². The Hall–Kier alpha value is -3.41. The van der Waals surface area contributed by atoms with Crippen molar-refractivity contribution in [3.8, 4) is 0 Å². The Morgan fingerprint density at radius 3 is 1.42 bits per heavy atom. The van der Waals surface area contributed by atoms with Crippen LogP contribution in [0.1, 0.15) is 75.6 Å². The number of halogens is 1. The van der Waals surface area contributed by atoms with Gasteiger partial charge in [-0.1, -0.05) is 106 Å².